The molecule has 0 aliphatic carbocycles. The minimum absolute atomic E-state index is 0.282. The Morgan fingerprint density at radius 2 is 2.00 bits per heavy atom. The highest BCUT2D eigenvalue weighted by Gasteiger charge is 2.06. The van der Waals surface area contributed by atoms with Crippen LogP contribution in [0, 0.1) is 5.82 Å². The molecule has 2 N–H and O–H groups in total. The molecule has 0 saturated carbocycles. The average Bonchev–Trinajstić information content (AvgIpc) is 2.83. The van der Waals surface area contributed by atoms with Gasteiger partial charge in [-0.1, -0.05) is 0 Å². The lowest BCUT2D eigenvalue weighted by Crippen LogP contribution is -2.00. The Labute approximate surface area is 109 Å². The van der Waals surface area contributed by atoms with E-state index in [-0.39, 0.29) is 5.82 Å². The largest absolute Gasteiger partial charge is 0.487 e. The second-order valence-corrected chi connectivity index (χ2v) is 4.15. The van der Waals surface area contributed by atoms with E-state index in [1.165, 1.54) is 12.1 Å². The van der Waals surface area contributed by atoms with Gasteiger partial charge in [0.15, 0.2) is 5.65 Å². The molecular formula is C14H12FN3O. The van der Waals surface area contributed by atoms with E-state index in [9.17, 15) is 4.39 Å². The number of hydrogen-bond donors (Lipinski definition) is 1. The SMILES string of the molecule is Nc1cccn2c(COc3ccc(F)cc3)cnc12. The number of rotatable bonds is 3. The summed E-state index contributed by atoms with van der Waals surface area (Å²) in [5.41, 5.74) is 8.04. The molecule has 4 nitrogen and oxygen atoms in total. The number of nitrogens with two attached hydrogens (primary N) is 1. The van der Waals surface area contributed by atoms with Crippen LogP contribution in [0.25, 0.3) is 5.65 Å². The van der Waals surface area contributed by atoms with E-state index in [1.807, 2.05) is 16.7 Å². The summed E-state index contributed by atoms with van der Waals surface area (Å²) in [5, 5.41) is 0. The third-order valence-electron chi connectivity index (χ3n) is 2.84. The van der Waals surface area contributed by atoms with E-state index in [0.717, 1.165) is 5.69 Å². The molecule has 0 fully saturated rings. The topological polar surface area (TPSA) is 52.5 Å². The lowest BCUT2D eigenvalue weighted by atomic mass is 10.3. The first-order valence-corrected chi connectivity index (χ1v) is 5.83. The molecule has 0 spiro atoms. The van der Waals surface area contributed by atoms with E-state index in [1.54, 1.807) is 24.4 Å². The molecule has 96 valence electrons. The average molecular weight is 257 g/mol. The first-order valence-electron chi connectivity index (χ1n) is 5.83. The van der Waals surface area contributed by atoms with Crippen LogP contribution >= 0.6 is 0 Å². The number of hydrogen-bond acceptors (Lipinski definition) is 3. The quantitative estimate of drug-likeness (QED) is 0.784. The first-order chi connectivity index (χ1) is 9.24. The van der Waals surface area contributed by atoms with Gasteiger partial charge in [-0.25, -0.2) is 9.37 Å². The van der Waals surface area contributed by atoms with Gasteiger partial charge in [-0.3, -0.25) is 4.40 Å². The van der Waals surface area contributed by atoms with Gasteiger partial charge in [0.1, 0.15) is 18.2 Å². The number of halogens is 1. The van der Waals surface area contributed by atoms with Gasteiger partial charge in [-0.15, -0.1) is 0 Å². The van der Waals surface area contributed by atoms with Crippen LogP contribution in [0.15, 0.2) is 48.8 Å². The van der Waals surface area contributed by atoms with Crippen molar-refractivity contribution >= 4 is 11.3 Å². The smallest absolute Gasteiger partial charge is 0.160 e. The summed E-state index contributed by atoms with van der Waals surface area (Å²) in [4.78, 5) is 4.24. The standard InChI is InChI=1S/C14H12FN3O/c15-10-3-5-12(6-4-10)19-9-11-8-17-14-13(16)2-1-7-18(11)14/h1-8H,9,16H2. The Kier molecular flexibility index (Phi) is 2.79. The molecule has 1 aromatic carbocycles. The molecule has 0 bridgehead atoms. The van der Waals surface area contributed by atoms with Crippen LogP contribution in [0.2, 0.25) is 0 Å². The second kappa shape index (κ2) is 4.61. The highest BCUT2D eigenvalue weighted by molar-refractivity contribution is 5.64. The van der Waals surface area contributed by atoms with Crippen LogP contribution in [-0.4, -0.2) is 9.38 Å². The number of fused-ring (bicyclic) bond motifs is 1. The third kappa shape index (κ3) is 2.22. The fraction of sp³-hybridized carbons (Fsp3) is 0.0714. The second-order valence-electron chi connectivity index (χ2n) is 4.15. The zero-order valence-electron chi connectivity index (χ0n) is 10.1. The van der Waals surface area contributed by atoms with Crippen molar-refractivity contribution in [3.8, 4) is 5.75 Å². The number of anilines is 1. The Morgan fingerprint density at radius 1 is 1.21 bits per heavy atom. The van der Waals surface area contributed by atoms with Crippen molar-refractivity contribution in [1.29, 1.82) is 0 Å². The molecule has 2 aromatic heterocycles. The minimum Gasteiger partial charge on any atom is -0.487 e. The summed E-state index contributed by atoms with van der Waals surface area (Å²) < 4.78 is 20.2. The van der Waals surface area contributed by atoms with Crippen molar-refractivity contribution in [3.63, 3.8) is 0 Å². The monoisotopic (exact) mass is 257 g/mol. The number of pyridine rings is 1. The first kappa shape index (κ1) is 11.5. The van der Waals surface area contributed by atoms with Crippen LogP contribution in [0.5, 0.6) is 5.75 Å². The molecule has 0 aliphatic heterocycles. The molecule has 0 aliphatic rings. The molecule has 0 unspecified atom stereocenters. The number of ether oxygens (including phenoxy) is 1. The number of aromatic nitrogens is 2. The third-order valence-corrected chi connectivity index (χ3v) is 2.84. The number of nitrogen functional groups attached to an aromatic ring is 1. The summed E-state index contributed by atoms with van der Waals surface area (Å²) in [7, 11) is 0. The van der Waals surface area contributed by atoms with Crippen molar-refractivity contribution in [2.24, 2.45) is 0 Å². The number of imidazole rings is 1. The lowest BCUT2D eigenvalue weighted by Gasteiger charge is -2.06. The fourth-order valence-electron chi connectivity index (χ4n) is 1.88. The molecule has 0 amide bonds. The van der Waals surface area contributed by atoms with E-state index in [2.05, 4.69) is 4.98 Å². The molecule has 0 atom stereocenters. The van der Waals surface area contributed by atoms with Gasteiger partial charge in [0.25, 0.3) is 0 Å². The van der Waals surface area contributed by atoms with Crippen molar-refractivity contribution in [3.05, 3.63) is 60.3 Å². The number of benzene rings is 1. The van der Waals surface area contributed by atoms with Gasteiger partial charge in [0.2, 0.25) is 0 Å². The van der Waals surface area contributed by atoms with E-state index >= 15 is 0 Å². The molecule has 3 aromatic rings. The zero-order valence-corrected chi connectivity index (χ0v) is 10.1. The van der Waals surface area contributed by atoms with Gasteiger partial charge in [0, 0.05) is 6.20 Å². The lowest BCUT2D eigenvalue weighted by molar-refractivity contribution is 0.300. The zero-order chi connectivity index (χ0) is 13.2. The van der Waals surface area contributed by atoms with E-state index in [4.69, 9.17) is 10.5 Å². The summed E-state index contributed by atoms with van der Waals surface area (Å²) in [6, 6.07) is 9.56. The molecule has 0 saturated heterocycles. The Hall–Kier alpha value is -2.56. The summed E-state index contributed by atoms with van der Waals surface area (Å²) in [6.45, 7) is 0.344. The maximum absolute atomic E-state index is 12.8. The fourth-order valence-corrected chi connectivity index (χ4v) is 1.88. The van der Waals surface area contributed by atoms with Crippen LogP contribution in [0.4, 0.5) is 10.1 Å². The van der Waals surface area contributed by atoms with Gasteiger partial charge < -0.3 is 10.5 Å². The number of nitrogens with zero attached hydrogens (tertiary/aromatic N) is 2. The maximum Gasteiger partial charge on any atom is 0.160 e. The maximum atomic E-state index is 12.8. The highest BCUT2D eigenvalue weighted by Crippen LogP contribution is 2.16. The highest BCUT2D eigenvalue weighted by atomic mass is 19.1. The minimum atomic E-state index is -0.282. The normalized spacial score (nSPS) is 10.8. The summed E-state index contributed by atoms with van der Waals surface area (Å²) >= 11 is 0. The van der Waals surface area contributed by atoms with Crippen LogP contribution < -0.4 is 10.5 Å². The Morgan fingerprint density at radius 3 is 2.79 bits per heavy atom. The molecule has 3 rings (SSSR count). The van der Waals surface area contributed by atoms with Crippen molar-refractivity contribution in [2.75, 3.05) is 5.73 Å². The van der Waals surface area contributed by atoms with Crippen LogP contribution in [0.3, 0.4) is 0 Å². The summed E-state index contributed by atoms with van der Waals surface area (Å²) in [5.74, 6) is 0.329. The van der Waals surface area contributed by atoms with E-state index < -0.39 is 0 Å². The molecule has 0 radical (unpaired) electrons. The molecule has 2 heterocycles. The van der Waals surface area contributed by atoms with Gasteiger partial charge in [-0.05, 0) is 36.4 Å². The Bertz CT molecular complexity index is 706. The van der Waals surface area contributed by atoms with Gasteiger partial charge in [0.05, 0.1) is 17.6 Å². The predicted molar refractivity (Wildman–Crippen MR) is 70.3 cm³/mol. The Balaban J connectivity index is 1.82. The van der Waals surface area contributed by atoms with Crippen LogP contribution in [-0.2, 0) is 6.61 Å². The van der Waals surface area contributed by atoms with Crippen molar-refractivity contribution in [1.82, 2.24) is 9.38 Å². The van der Waals surface area contributed by atoms with Crippen molar-refractivity contribution in [2.45, 2.75) is 6.61 Å². The summed E-state index contributed by atoms with van der Waals surface area (Å²) in [6.07, 6.45) is 3.59. The predicted octanol–water partition coefficient (Wildman–Crippen LogP) is 2.63. The van der Waals surface area contributed by atoms with Crippen molar-refractivity contribution < 1.29 is 9.13 Å². The molecule has 5 heteroatoms. The molecule has 19 heavy (non-hydrogen) atoms. The van der Waals surface area contributed by atoms with Crippen LogP contribution in [0.1, 0.15) is 5.69 Å². The van der Waals surface area contributed by atoms with Gasteiger partial charge in [-0.2, -0.15) is 0 Å². The van der Waals surface area contributed by atoms with Gasteiger partial charge >= 0.3 is 0 Å². The van der Waals surface area contributed by atoms with E-state index in [0.29, 0.717) is 23.7 Å². The molecular weight excluding hydrogens is 245 g/mol.